The summed E-state index contributed by atoms with van der Waals surface area (Å²) >= 11 is 0. The van der Waals surface area contributed by atoms with E-state index in [1.165, 1.54) is 0 Å². The third kappa shape index (κ3) is 2.01. The second-order valence-corrected chi connectivity index (χ2v) is 4.34. The van der Waals surface area contributed by atoms with Crippen LogP contribution in [0, 0.1) is 0 Å². The number of hydrogen-bond donors (Lipinski definition) is 1. The van der Waals surface area contributed by atoms with Crippen LogP contribution in [-0.2, 0) is 0 Å². The normalized spacial score (nSPS) is 10.4. The molecule has 0 saturated carbocycles. The molecule has 0 radical (unpaired) electrons. The lowest BCUT2D eigenvalue weighted by Crippen LogP contribution is -1.90. The summed E-state index contributed by atoms with van der Waals surface area (Å²) in [5.74, 6) is 1.71. The van der Waals surface area contributed by atoms with Gasteiger partial charge in [-0.25, -0.2) is 0 Å². The molecule has 3 aromatic rings. The molecule has 4 heteroatoms. The summed E-state index contributed by atoms with van der Waals surface area (Å²) in [5.41, 5.74) is 8.54. The van der Waals surface area contributed by atoms with Gasteiger partial charge in [-0.1, -0.05) is 47.6 Å². The molecular formula is C16H14N2O2. The number of ether oxygens (including phenoxy) is 1. The molecule has 2 N–H and O–H groups in total. The molecule has 2 aromatic carbocycles. The van der Waals surface area contributed by atoms with Crippen molar-refractivity contribution in [2.45, 2.75) is 0 Å². The monoisotopic (exact) mass is 266 g/mol. The molecule has 0 aliphatic carbocycles. The van der Waals surface area contributed by atoms with Crippen molar-refractivity contribution >= 4 is 5.82 Å². The zero-order chi connectivity index (χ0) is 13.9. The summed E-state index contributed by atoms with van der Waals surface area (Å²) in [6.45, 7) is 0. The molecule has 3 rings (SSSR count). The van der Waals surface area contributed by atoms with Crippen LogP contribution in [0.25, 0.3) is 22.5 Å². The third-order valence-corrected chi connectivity index (χ3v) is 3.13. The molecule has 0 unspecified atom stereocenters. The van der Waals surface area contributed by atoms with Crippen LogP contribution < -0.4 is 10.5 Å². The minimum Gasteiger partial charge on any atom is -0.496 e. The third-order valence-electron chi connectivity index (χ3n) is 3.13. The number of para-hydroxylation sites is 1. The molecule has 0 bridgehead atoms. The average molecular weight is 266 g/mol. The van der Waals surface area contributed by atoms with Gasteiger partial charge in [0.1, 0.15) is 5.75 Å². The fraction of sp³-hybridized carbons (Fsp3) is 0.0625. The van der Waals surface area contributed by atoms with Gasteiger partial charge in [-0.3, -0.25) is 0 Å². The number of hydrogen-bond acceptors (Lipinski definition) is 4. The van der Waals surface area contributed by atoms with Crippen LogP contribution in [0.3, 0.4) is 0 Å². The van der Waals surface area contributed by atoms with Crippen LogP contribution in [-0.4, -0.2) is 12.3 Å². The first-order chi connectivity index (χ1) is 9.81. The van der Waals surface area contributed by atoms with Crippen LogP contribution in [0.5, 0.6) is 5.75 Å². The Bertz CT molecular complexity index is 720. The van der Waals surface area contributed by atoms with Crippen LogP contribution in [0.2, 0.25) is 0 Å². The van der Waals surface area contributed by atoms with Gasteiger partial charge in [-0.15, -0.1) is 0 Å². The van der Waals surface area contributed by atoms with Crippen LogP contribution in [0.4, 0.5) is 5.82 Å². The van der Waals surface area contributed by atoms with E-state index in [-0.39, 0.29) is 0 Å². The minimum absolute atomic E-state index is 0.372. The van der Waals surface area contributed by atoms with E-state index in [9.17, 15) is 0 Å². The number of benzene rings is 2. The lowest BCUT2D eigenvalue weighted by molar-refractivity contribution is 0.407. The number of nitrogens with zero attached hydrogens (tertiary/aromatic N) is 1. The van der Waals surface area contributed by atoms with Crippen molar-refractivity contribution in [3.63, 3.8) is 0 Å². The molecule has 0 atom stereocenters. The Labute approximate surface area is 116 Å². The average Bonchev–Trinajstić information content (AvgIpc) is 2.89. The van der Waals surface area contributed by atoms with E-state index in [0.717, 1.165) is 22.4 Å². The first-order valence-corrected chi connectivity index (χ1v) is 6.25. The van der Waals surface area contributed by atoms with E-state index in [2.05, 4.69) is 5.16 Å². The first-order valence-electron chi connectivity index (χ1n) is 6.25. The van der Waals surface area contributed by atoms with Gasteiger partial charge in [-0.05, 0) is 17.7 Å². The molecule has 0 aliphatic rings. The fourth-order valence-corrected chi connectivity index (χ4v) is 2.20. The molecule has 4 nitrogen and oxygen atoms in total. The number of rotatable bonds is 3. The molecule has 0 saturated heterocycles. The number of anilines is 1. The van der Waals surface area contributed by atoms with E-state index in [1.54, 1.807) is 7.11 Å². The number of aromatic nitrogens is 1. The number of methoxy groups -OCH3 is 1. The Morgan fingerprint density at radius 3 is 2.45 bits per heavy atom. The molecule has 0 fully saturated rings. The Morgan fingerprint density at radius 2 is 1.70 bits per heavy atom. The lowest BCUT2D eigenvalue weighted by atomic mass is 10.0. The summed E-state index contributed by atoms with van der Waals surface area (Å²) in [5, 5.41) is 3.89. The molecule has 20 heavy (non-hydrogen) atoms. The van der Waals surface area contributed by atoms with Gasteiger partial charge in [0.15, 0.2) is 11.6 Å². The lowest BCUT2D eigenvalue weighted by Gasteiger charge is -2.07. The Hall–Kier alpha value is -2.75. The van der Waals surface area contributed by atoms with Crippen molar-refractivity contribution in [3.8, 4) is 28.2 Å². The molecule has 100 valence electrons. The Balaban J connectivity index is 2.22. The highest BCUT2D eigenvalue weighted by Gasteiger charge is 2.19. The molecular weight excluding hydrogens is 252 g/mol. The minimum atomic E-state index is 0.372. The highest BCUT2D eigenvalue weighted by atomic mass is 16.5. The maximum absolute atomic E-state index is 5.96. The zero-order valence-corrected chi connectivity index (χ0v) is 11.0. The van der Waals surface area contributed by atoms with Gasteiger partial charge < -0.3 is 15.0 Å². The molecule has 0 aliphatic heterocycles. The number of nitrogens with two attached hydrogens (primary N) is 1. The summed E-state index contributed by atoms with van der Waals surface area (Å²) < 4.78 is 10.8. The first kappa shape index (κ1) is 12.3. The van der Waals surface area contributed by atoms with Crippen molar-refractivity contribution in [2.24, 2.45) is 0 Å². The maximum Gasteiger partial charge on any atom is 0.180 e. The Morgan fingerprint density at radius 1 is 1.00 bits per heavy atom. The predicted molar refractivity (Wildman–Crippen MR) is 78.3 cm³/mol. The van der Waals surface area contributed by atoms with Crippen LogP contribution >= 0.6 is 0 Å². The van der Waals surface area contributed by atoms with E-state index >= 15 is 0 Å². The van der Waals surface area contributed by atoms with Gasteiger partial charge >= 0.3 is 0 Å². The topological polar surface area (TPSA) is 61.3 Å². The van der Waals surface area contributed by atoms with Crippen molar-refractivity contribution in [1.82, 2.24) is 5.16 Å². The van der Waals surface area contributed by atoms with Crippen molar-refractivity contribution < 1.29 is 9.26 Å². The van der Waals surface area contributed by atoms with Crippen molar-refractivity contribution in [1.29, 1.82) is 0 Å². The predicted octanol–water partition coefficient (Wildman–Crippen LogP) is 3.60. The number of nitrogen functional groups attached to an aromatic ring is 1. The molecule has 0 amide bonds. The second-order valence-electron chi connectivity index (χ2n) is 4.34. The maximum atomic E-state index is 5.96. The summed E-state index contributed by atoms with van der Waals surface area (Å²) in [7, 11) is 1.63. The van der Waals surface area contributed by atoms with E-state index in [1.807, 2.05) is 54.6 Å². The SMILES string of the molecule is COc1ccccc1-c1onc(N)c1-c1ccccc1. The Kier molecular flexibility index (Phi) is 3.13. The summed E-state index contributed by atoms with van der Waals surface area (Å²) in [6, 6.07) is 17.4. The molecule has 1 heterocycles. The second kappa shape index (κ2) is 5.09. The molecule has 1 aromatic heterocycles. The smallest absolute Gasteiger partial charge is 0.180 e. The highest BCUT2D eigenvalue weighted by Crippen LogP contribution is 2.40. The van der Waals surface area contributed by atoms with Gasteiger partial charge in [0.2, 0.25) is 0 Å². The zero-order valence-electron chi connectivity index (χ0n) is 11.0. The van der Waals surface area contributed by atoms with E-state index < -0.39 is 0 Å². The fourth-order valence-electron chi connectivity index (χ4n) is 2.20. The summed E-state index contributed by atoms with van der Waals surface area (Å²) in [6.07, 6.45) is 0. The standard InChI is InChI=1S/C16H14N2O2/c1-19-13-10-6-5-9-12(13)15-14(16(17)18-20-15)11-7-3-2-4-8-11/h2-10H,1H3,(H2,17,18). The largest absolute Gasteiger partial charge is 0.496 e. The highest BCUT2D eigenvalue weighted by molar-refractivity contribution is 5.88. The van der Waals surface area contributed by atoms with Gasteiger partial charge in [-0.2, -0.15) is 0 Å². The molecule has 0 spiro atoms. The van der Waals surface area contributed by atoms with Crippen LogP contribution in [0.15, 0.2) is 59.1 Å². The quantitative estimate of drug-likeness (QED) is 0.786. The van der Waals surface area contributed by atoms with Gasteiger partial charge in [0, 0.05) is 0 Å². The van der Waals surface area contributed by atoms with E-state index in [4.69, 9.17) is 15.0 Å². The van der Waals surface area contributed by atoms with Gasteiger partial charge in [0.05, 0.1) is 18.2 Å². The van der Waals surface area contributed by atoms with Crippen LogP contribution in [0.1, 0.15) is 0 Å². The van der Waals surface area contributed by atoms with E-state index in [0.29, 0.717) is 11.6 Å². The van der Waals surface area contributed by atoms with Gasteiger partial charge in [0.25, 0.3) is 0 Å². The van der Waals surface area contributed by atoms with Crippen molar-refractivity contribution in [3.05, 3.63) is 54.6 Å². The summed E-state index contributed by atoms with van der Waals surface area (Å²) in [4.78, 5) is 0. The van der Waals surface area contributed by atoms with Crippen molar-refractivity contribution in [2.75, 3.05) is 12.8 Å².